The van der Waals surface area contributed by atoms with Crippen LogP contribution in [-0.4, -0.2) is 25.1 Å². The van der Waals surface area contributed by atoms with Crippen LogP contribution in [0.2, 0.25) is 5.02 Å². The second kappa shape index (κ2) is 7.62. The number of halogens is 1. The molecule has 146 valence electrons. The summed E-state index contributed by atoms with van der Waals surface area (Å²) in [5.41, 5.74) is 1.51. The average molecular weight is 419 g/mol. The van der Waals surface area contributed by atoms with Crippen molar-refractivity contribution >= 4 is 39.8 Å². The number of hydrogen-bond donors (Lipinski definition) is 2. The molecule has 0 atom stereocenters. The van der Waals surface area contributed by atoms with Crippen LogP contribution in [-0.2, 0) is 0 Å². The molecule has 10 heteroatoms. The van der Waals surface area contributed by atoms with Crippen LogP contribution in [0.4, 0.5) is 5.69 Å². The van der Waals surface area contributed by atoms with Crippen LogP contribution in [0.3, 0.4) is 0 Å². The number of nitro benzene ring substituents is 1. The molecule has 0 bridgehead atoms. The van der Waals surface area contributed by atoms with Crippen LogP contribution in [0.1, 0.15) is 11.4 Å². The largest absolute Gasteiger partial charge is 0.305 e. The van der Waals surface area contributed by atoms with Gasteiger partial charge in [0.1, 0.15) is 6.07 Å². The Hall–Kier alpha value is -4.29. The summed E-state index contributed by atoms with van der Waals surface area (Å²) in [5, 5.41) is 28.2. The Kier molecular flexibility index (Phi) is 4.83. The fraction of sp³-hybridized carbons (Fsp3) is 0. The van der Waals surface area contributed by atoms with Crippen LogP contribution in [0.15, 0.2) is 53.5 Å². The molecule has 0 aliphatic rings. The van der Waals surface area contributed by atoms with E-state index in [1.165, 1.54) is 30.5 Å². The van der Waals surface area contributed by atoms with Gasteiger partial charge in [0.15, 0.2) is 5.82 Å². The summed E-state index contributed by atoms with van der Waals surface area (Å²) in [6.07, 6.45) is 2.97. The third kappa shape index (κ3) is 3.55. The smallest absolute Gasteiger partial charge is 0.270 e. The van der Waals surface area contributed by atoms with Gasteiger partial charge in [0.25, 0.3) is 11.2 Å². The number of fused-ring (bicyclic) bond motifs is 1. The van der Waals surface area contributed by atoms with Gasteiger partial charge in [-0.25, -0.2) is 4.98 Å². The van der Waals surface area contributed by atoms with Gasteiger partial charge in [0.2, 0.25) is 0 Å². The van der Waals surface area contributed by atoms with Crippen LogP contribution in [0.5, 0.6) is 0 Å². The van der Waals surface area contributed by atoms with Gasteiger partial charge in [0.05, 0.1) is 33.3 Å². The number of H-pyrrole nitrogens is 2. The lowest BCUT2D eigenvalue weighted by Crippen LogP contribution is -2.11. The summed E-state index contributed by atoms with van der Waals surface area (Å²) in [5.74, 6) is 0.0866. The number of nitrogens with one attached hydrogen (secondary N) is 2. The van der Waals surface area contributed by atoms with E-state index < -0.39 is 10.5 Å². The summed E-state index contributed by atoms with van der Waals surface area (Å²) < 4.78 is 0. The van der Waals surface area contributed by atoms with Crippen molar-refractivity contribution in [2.24, 2.45) is 0 Å². The van der Waals surface area contributed by atoms with E-state index in [4.69, 9.17) is 11.6 Å². The molecule has 4 rings (SSSR count). The highest BCUT2D eigenvalue weighted by atomic mass is 35.5. The lowest BCUT2D eigenvalue weighted by atomic mass is 10.1. The Morgan fingerprint density at radius 1 is 1.27 bits per heavy atom. The monoisotopic (exact) mass is 418 g/mol. The van der Waals surface area contributed by atoms with Gasteiger partial charge in [-0.3, -0.25) is 20.0 Å². The quantitative estimate of drug-likeness (QED) is 0.292. The van der Waals surface area contributed by atoms with Crippen molar-refractivity contribution in [3.8, 4) is 17.3 Å². The predicted molar refractivity (Wildman–Crippen MR) is 112 cm³/mol. The molecule has 0 radical (unpaired) electrons. The zero-order chi connectivity index (χ0) is 21.3. The first kappa shape index (κ1) is 19.0. The lowest BCUT2D eigenvalue weighted by Gasteiger charge is -2.03. The second-order valence-corrected chi connectivity index (χ2v) is 6.69. The zero-order valence-electron chi connectivity index (χ0n) is 15.1. The minimum atomic E-state index is -0.494. The van der Waals surface area contributed by atoms with Crippen LogP contribution < -0.4 is 5.56 Å². The molecule has 2 aromatic heterocycles. The van der Waals surface area contributed by atoms with E-state index in [9.17, 15) is 20.2 Å². The summed E-state index contributed by atoms with van der Waals surface area (Å²) in [4.78, 5) is 29.9. The molecule has 0 unspecified atom stereocenters. The minimum absolute atomic E-state index is 0.0725. The predicted octanol–water partition coefficient (Wildman–Crippen LogP) is 3.94. The number of nitrogens with zero attached hydrogens (tertiary/aromatic N) is 4. The molecule has 0 saturated carbocycles. The molecule has 0 spiro atoms. The van der Waals surface area contributed by atoms with Crippen LogP contribution in [0, 0.1) is 21.4 Å². The molecule has 9 nitrogen and oxygen atoms in total. The van der Waals surface area contributed by atoms with Crippen molar-refractivity contribution in [2.45, 2.75) is 0 Å². The molecule has 2 aromatic carbocycles. The van der Waals surface area contributed by atoms with Gasteiger partial charge in [-0.2, -0.15) is 10.4 Å². The van der Waals surface area contributed by atoms with Gasteiger partial charge in [-0.15, -0.1) is 0 Å². The Morgan fingerprint density at radius 3 is 2.87 bits per heavy atom. The molecule has 2 N–H and O–H groups in total. The highest BCUT2D eigenvalue weighted by molar-refractivity contribution is 6.31. The first-order valence-electron chi connectivity index (χ1n) is 8.56. The Balaban J connectivity index is 1.82. The van der Waals surface area contributed by atoms with Crippen molar-refractivity contribution in [3.63, 3.8) is 0 Å². The van der Waals surface area contributed by atoms with Gasteiger partial charge >= 0.3 is 0 Å². The van der Waals surface area contributed by atoms with E-state index in [-0.39, 0.29) is 17.1 Å². The molecule has 0 saturated heterocycles. The molecule has 30 heavy (non-hydrogen) atoms. The zero-order valence-corrected chi connectivity index (χ0v) is 15.8. The number of nitriles is 1. The topological polar surface area (TPSA) is 141 Å². The fourth-order valence-electron chi connectivity index (χ4n) is 2.96. The molecule has 2 heterocycles. The number of allylic oxidation sites excluding steroid dienone is 1. The summed E-state index contributed by atoms with van der Waals surface area (Å²) in [6, 6.07) is 12.7. The third-order valence-corrected chi connectivity index (χ3v) is 4.59. The second-order valence-electron chi connectivity index (χ2n) is 6.25. The van der Waals surface area contributed by atoms with E-state index >= 15 is 0 Å². The maximum atomic E-state index is 12.4. The van der Waals surface area contributed by atoms with Crippen molar-refractivity contribution in [1.82, 2.24) is 20.2 Å². The van der Waals surface area contributed by atoms with Crippen LogP contribution >= 0.6 is 11.6 Å². The molecule has 0 amide bonds. The van der Waals surface area contributed by atoms with Gasteiger partial charge < -0.3 is 4.98 Å². The first-order valence-corrected chi connectivity index (χ1v) is 8.94. The van der Waals surface area contributed by atoms with E-state index in [0.29, 0.717) is 32.7 Å². The number of hydrogen-bond acceptors (Lipinski definition) is 6. The molecule has 4 aromatic rings. The summed E-state index contributed by atoms with van der Waals surface area (Å²) >= 11 is 5.92. The van der Waals surface area contributed by atoms with Crippen molar-refractivity contribution in [3.05, 3.63) is 85.5 Å². The molecule has 0 fully saturated rings. The normalized spacial score (nSPS) is 11.4. The number of rotatable bonds is 4. The number of benzene rings is 2. The number of nitro groups is 1. The Bertz CT molecular complexity index is 1430. The molecule has 0 aliphatic heterocycles. The maximum Gasteiger partial charge on any atom is 0.270 e. The maximum absolute atomic E-state index is 12.4. The minimum Gasteiger partial charge on any atom is -0.305 e. The standard InChI is InChI=1S/C20H11ClN6O3/c21-14-4-5-17-16(8-14)20(28)25-19(24-17)12(9-22)6-13-10-23-26-18(13)11-2-1-3-15(7-11)27(29)30/h1-8,10H,(H,23,26)(H,24,25,28)/b12-6-. The average Bonchev–Trinajstić information content (AvgIpc) is 3.20. The number of aromatic amines is 2. The van der Waals surface area contributed by atoms with E-state index in [1.807, 2.05) is 6.07 Å². The van der Waals surface area contributed by atoms with Crippen molar-refractivity contribution < 1.29 is 4.92 Å². The van der Waals surface area contributed by atoms with E-state index in [2.05, 4.69) is 20.2 Å². The Labute approximate surface area is 173 Å². The highest BCUT2D eigenvalue weighted by Crippen LogP contribution is 2.27. The van der Waals surface area contributed by atoms with Crippen LogP contribution in [0.25, 0.3) is 33.8 Å². The van der Waals surface area contributed by atoms with E-state index in [0.717, 1.165) is 0 Å². The van der Waals surface area contributed by atoms with Crippen molar-refractivity contribution in [1.29, 1.82) is 5.26 Å². The van der Waals surface area contributed by atoms with Crippen molar-refractivity contribution in [2.75, 3.05) is 0 Å². The third-order valence-electron chi connectivity index (χ3n) is 4.36. The van der Waals surface area contributed by atoms with Gasteiger partial charge in [-0.05, 0) is 24.3 Å². The SMILES string of the molecule is N#C/C(=C/c1cn[nH]c1-c1cccc([N+](=O)[O-])c1)c1nc2ccc(Cl)cc2c(=O)[nH]1. The fourth-order valence-corrected chi connectivity index (χ4v) is 3.13. The number of non-ortho nitro benzene ring substituents is 1. The van der Waals surface area contributed by atoms with Gasteiger partial charge in [0, 0.05) is 28.3 Å². The molecule has 0 aliphatic carbocycles. The van der Waals surface area contributed by atoms with E-state index in [1.54, 1.807) is 24.3 Å². The summed E-state index contributed by atoms with van der Waals surface area (Å²) in [6.45, 7) is 0. The lowest BCUT2D eigenvalue weighted by molar-refractivity contribution is -0.384. The van der Waals surface area contributed by atoms with Gasteiger partial charge in [-0.1, -0.05) is 23.7 Å². The molecular formula is C20H11ClN6O3. The Morgan fingerprint density at radius 2 is 2.10 bits per heavy atom. The first-order chi connectivity index (χ1) is 14.5. The molecular weight excluding hydrogens is 408 g/mol. The number of aromatic nitrogens is 4. The summed E-state index contributed by atoms with van der Waals surface area (Å²) in [7, 11) is 0. The highest BCUT2D eigenvalue weighted by Gasteiger charge is 2.14.